The van der Waals surface area contributed by atoms with Gasteiger partial charge in [-0.05, 0) is 75.2 Å². The van der Waals surface area contributed by atoms with Crippen molar-refractivity contribution in [2.24, 2.45) is 34.1 Å². The van der Waals surface area contributed by atoms with Crippen LogP contribution in [0.5, 0.6) is 0 Å². The zero-order valence-corrected chi connectivity index (χ0v) is 35.4. The third-order valence-corrected chi connectivity index (χ3v) is 13.0. The maximum Gasteiger partial charge on any atom is 0.329 e. The van der Waals surface area contributed by atoms with E-state index in [4.69, 9.17) is 9.73 Å². The fraction of sp³-hybridized carbons (Fsp3) is 0.721. The highest BCUT2D eigenvalue weighted by Gasteiger charge is 2.42. The number of aliphatic hydroxyl groups excluding tert-OH is 1. The number of cyclic esters (lactones) is 1. The topological polar surface area (TPSA) is 154 Å². The highest BCUT2D eigenvalue weighted by molar-refractivity contribution is 8.14. The number of Topliss-reactive ketones (excluding diaryl/α,β-unsaturated/α-hetero) is 1. The van der Waals surface area contributed by atoms with Gasteiger partial charge in [-0.2, -0.15) is 0 Å². The fourth-order valence-electron chi connectivity index (χ4n) is 7.66. The minimum atomic E-state index is -0.980. The number of thioether (sulfide) groups is 1. The first-order valence-corrected chi connectivity index (χ1v) is 21.4. The average molecular weight is 783 g/mol. The molecule has 1 fully saturated rings. The lowest BCUT2D eigenvalue weighted by molar-refractivity contribution is -0.164. The quantitative estimate of drug-likeness (QED) is 0.323. The van der Waals surface area contributed by atoms with Gasteiger partial charge in [0.2, 0.25) is 17.7 Å². The van der Waals surface area contributed by atoms with E-state index in [2.05, 4.69) is 17.6 Å². The Morgan fingerprint density at radius 1 is 1.00 bits per heavy atom. The molecule has 2 bridgehead atoms. The Bertz CT molecular complexity index is 1540. The molecule has 12 heteroatoms. The van der Waals surface area contributed by atoms with E-state index in [1.54, 1.807) is 23.6 Å². The molecule has 3 N–H and O–H groups in total. The summed E-state index contributed by atoms with van der Waals surface area (Å²) < 4.78 is 6.24. The van der Waals surface area contributed by atoms with E-state index >= 15 is 0 Å². The fourth-order valence-corrected chi connectivity index (χ4v) is 8.90. The monoisotopic (exact) mass is 782 g/mol. The van der Waals surface area contributed by atoms with Crippen LogP contribution in [-0.2, 0) is 35.1 Å². The van der Waals surface area contributed by atoms with Crippen LogP contribution < -0.4 is 10.6 Å². The van der Waals surface area contributed by atoms with Gasteiger partial charge in [0, 0.05) is 37.0 Å². The molecule has 0 radical (unpaired) electrons. The molecule has 1 aromatic carbocycles. The van der Waals surface area contributed by atoms with Gasteiger partial charge in [0.25, 0.3) is 0 Å². The lowest BCUT2D eigenvalue weighted by Gasteiger charge is -2.36. The number of ether oxygens (including phenoxy) is 1. The highest BCUT2D eigenvalue weighted by Crippen LogP contribution is 2.34. The van der Waals surface area contributed by atoms with Crippen LogP contribution in [0.2, 0.25) is 0 Å². The first kappa shape index (κ1) is 44.5. The molecule has 0 saturated carbocycles. The van der Waals surface area contributed by atoms with E-state index in [1.165, 1.54) is 0 Å². The number of aliphatic imine (C=N–C) groups is 1. The number of carbonyl (C=O) groups is 5. The maximum atomic E-state index is 14.2. The third-order valence-electron chi connectivity index (χ3n) is 11.7. The van der Waals surface area contributed by atoms with Gasteiger partial charge in [-0.1, -0.05) is 84.7 Å². The molecule has 4 rings (SSSR count). The highest BCUT2D eigenvalue weighted by atomic mass is 32.2. The number of esters is 1. The summed E-state index contributed by atoms with van der Waals surface area (Å²) in [5.41, 5.74) is 1.61. The molecule has 306 valence electrons. The Morgan fingerprint density at radius 2 is 1.69 bits per heavy atom. The standard InChI is InChI=1S/C43H66N4O7S/c1-10-27(4)37-41(52)47-19-11-12-34(47)42(53)54-36(43(7,8)9)21-26(3)20-35(49)28(5)40-45-32(24-55-40)17-18-33(48)23-31(22-30-15-13-25(2)14-16-30)39(51)44-29(6)38(50)46-37/h13-16,26-29,31-32,34-37,49H,10-12,17-24H2,1-9H3,(H,44,51)(H,46,50)/t26-,27-,28+,29-,31+,32+,34-,35-,36-,37-/m0/s1. The number of carbonyl (C=O) groups excluding carboxylic acids is 5. The molecule has 11 nitrogen and oxygen atoms in total. The van der Waals surface area contributed by atoms with Gasteiger partial charge in [-0.3, -0.25) is 24.2 Å². The zero-order chi connectivity index (χ0) is 40.6. The predicted octanol–water partition coefficient (Wildman–Crippen LogP) is 5.82. The summed E-state index contributed by atoms with van der Waals surface area (Å²) in [5, 5.41) is 18.0. The molecule has 0 unspecified atom stereocenters. The number of rotatable bonds is 4. The molecule has 0 aliphatic carbocycles. The van der Waals surface area contributed by atoms with Crippen molar-refractivity contribution in [3.63, 3.8) is 0 Å². The molecule has 0 spiro atoms. The Morgan fingerprint density at radius 3 is 2.35 bits per heavy atom. The van der Waals surface area contributed by atoms with Crippen LogP contribution in [0, 0.1) is 36.0 Å². The number of nitrogens with zero attached hydrogens (tertiary/aromatic N) is 2. The summed E-state index contributed by atoms with van der Waals surface area (Å²) in [7, 11) is 0. The van der Waals surface area contributed by atoms with Crippen LogP contribution >= 0.6 is 11.8 Å². The predicted molar refractivity (Wildman–Crippen MR) is 218 cm³/mol. The average Bonchev–Trinajstić information content (AvgIpc) is 3.82. The molecule has 55 heavy (non-hydrogen) atoms. The Hall–Kier alpha value is -3.25. The lowest BCUT2D eigenvalue weighted by atomic mass is 9.81. The van der Waals surface area contributed by atoms with E-state index in [0.29, 0.717) is 51.5 Å². The van der Waals surface area contributed by atoms with Crippen molar-refractivity contribution in [1.29, 1.82) is 0 Å². The summed E-state index contributed by atoms with van der Waals surface area (Å²) in [6.07, 6.45) is 2.81. The number of hydrogen-bond donors (Lipinski definition) is 3. The van der Waals surface area contributed by atoms with Gasteiger partial charge >= 0.3 is 5.97 Å². The van der Waals surface area contributed by atoms with Gasteiger partial charge in [0.05, 0.1) is 17.2 Å². The second-order valence-corrected chi connectivity index (χ2v) is 18.7. The normalized spacial score (nSPS) is 32.0. The number of benzene rings is 1. The van der Waals surface area contributed by atoms with Crippen LogP contribution in [0.25, 0.3) is 0 Å². The lowest BCUT2D eigenvalue weighted by Crippen LogP contribution is -2.57. The van der Waals surface area contributed by atoms with Crippen molar-refractivity contribution in [3.05, 3.63) is 35.4 Å². The largest absolute Gasteiger partial charge is 0.460 e. The zero-order valence-electron chi connectivity index (χ0n) is 34.6. The van der Waals surface area contributed by atoms with Gasteiger partial charge in [-0.15, -0.1) is 11.8 Å². The molecule has 3 amide bonds. The SMILES string of the molecule is CC[C@H](C)[C@@H]1NC(=O)[C@H](C)NC(=O)[C@H](Cc2ccc(C)cc2)CC(=O)CC[C@@H]2CSC(=N2)[C@H](C)[C@@H](O)C[C@H](C)C[C@@H](C(C)(C)C)OC(=O)[C@@H]2CCCN2C1=O. The number of ketones is 1. The summed E-state index contributed by atoms with van der Waals surface area (Å²) in [6, 6.07) is 5.11. The van der Waals surface area contributed by atoms with Gasteiger partial charge in [0.15, 0.2) is 0 Å². The molecule has 3 heterocycles. The third kappa shape index (κ3) is 12.4. The number of nitrogens with one attached hydrogen (secondary N) is 2. The molecule has 1 saturated heterocycles. The Balaban J connectivity index is 1.63. The van der Waals surface area contributed by atoms with Crippen molar-refractivity contribution in [2.45, 2.75) is 156 Å². The second-order valence-electron chi connectivity index (χ2n) is 17.6. The van der Waals surface area contributed by atoms with Crippen LogP contribution in [0.3, 0.4) is 0 Å². The summed E-state index contributed by atoms with van der Waals surface area (Å²) in [5.74, 6) is -2.13. The van der Waals surface area contributed by atoms with Crippen LogP contribution in [-0.4, -0.2) is 93.2 Å². The first-order chi connectivity index (χ1) is 25.9. The minimum absolute atomic E-state index is 0.0213. The summed E-state index contributed by atoms with van der Waals surface area (Å²) in [6.45, 7) is 17.9. The molecular weight excluding hydrogens is 717 g/mol. The number of aliphatic hydroxyl groups is 1. The molecular formula is C43H66N4O7S. The first-order valence-electron chi connectivity index (χ1n) is 20.4. The molecule has 1 aromatic rings. The number of hydrogen-bond acceptors (Lipinski definition) is 9. The number of fused-ring (bicyclic) bond motifs is 2. The van der Waals surface area contributed by atoms with Gasteiger partial charge < -0.3 is 25.4 Å². The van der Waals surface area contributed by atoms with Crippen LogP contribution in [0.15, 0.2) is 29.3 Å². The van der Waals surface area contributed by atoms with E-state index in [1.807, 2.05) is 72.7 Å². The van der Waals surface area contributed by atoms with E-state index in [9.17, 15) is 29.1 Å². The Labute approximate surface area is 333 Å². The molecule has 10 atom stereocenters. The second kappa shape index (κ2) is 19.7. The molecule has 3 aliphatic rings. The minimum Gasteiger partial charge on any atom is -0.460 e. The van der Waals surface area contributed by atoms with Crippen molar-refractivity contribution in [3.8, 4) is 0 Å². The van der Waals surface area contributed by atoms with Crippen molar-refractivity contribution in [2.75, 3.05) is 12.3 Å². The maximum absolute atomic E-state index is 14.2. The summed E-state index contributed by atoms with van der Waals surface area (Å²) in [4.78, 5) is 75.6. The van der Waals surface area contributed by atoms with Crippen molar-refractivity contribution < 1.29 is 33.8 Å². The van der Waals surface area contributed by atoms with E-state index in [0.717, 1.165) is 21.9 Å². The van der Waals surface area contributed by atoms with Crippen molar-refractivity contribution >= 4 is 46.3 Å². The number of aryl methyl sites for hydroxylation is 1. The molecule has 0 aromatic heterocycles. The summed E-state index contributed by atoms with van der Waals surface area (Å²) >= 11 is 1.62. The van der Waals surface area contributed by atoms with Crippen LogP contribution in [0.1, 0.15) is 118 Å². The van der Waals surface area contributed by atoms with E-state index in [-0.39, 0.29) is 53.7 Å². The Kier molecular flexibility index (Phi) is 16.0. The smallest absolute Gasteiger partial charge is 0.329 e. The molecule has 3 aliphatic heterocycles. The van der Waals surface area contributed by atoms with E-state index < -0.39 is 54.0 Å². The van der Waals surface area contributed by atoms with Gasteiger partial charge in [-0.25, -0.2) is 4.79 Å². The van der Waals surface area contributed by atoms with Crippen LogP contribution in [0.4, 0.5) is 0 Å². The van der Waals surface area contributed by atoms with Crippen molar-refractivity contribution in [1.82, 2.24) is 15.5 Å². The van der Waals surface area contributed by atoms with Gasteiger partial charge in [0.1, 0.15) is 30.0 Å². The number of amides is 3.